The number of hydrogen-bond donors (Lipinski definition) is 1. The fraction of sp³-hybridized carbons (Fsp3) is 0.333. The van der Waals surface area contributed by atoms with E-state index in [9.17, 15) is 13.2 Å². The molecule has 0 aliphatic rings. The fourth-order valence-corrected chi connectivity index (χ4v) is 5.27. The second-order valence-electron chi connectivity index (χ2n) is 6.37. The van der Waals surface area contributed by atoms with Crippen molar-refractivity contribution in [3.8, 4) is 0 Å². The van der Waals surface area contributed by atoms with E-state index in [1.165, 1.54) is 23.1 Å². The Morgan fingerprint density at radius 2 is 2.00 bits per heavy atom. The van der Waals surface area contributed by atoms with Gasteiger partial charge in [0.25, 0.3) is 0 Å². The molecule has 0 fully saturated rings. The molecule has 154 valence electrons. The lowest BCUT2D eigenvalue weighted by Gasteiger charge is -2.13. The monoisotopic (exact) mass is 451 g/mol. The molecule has 11 heteroatoms. The first kappa shape index (κ1) is 21.5. The average Bonchev–Trinajstić information content (AvgIpc) is 3.31. The van der Waals surface area contributed by atoms with Gasteiger partial charge in [-0.05, 0) is 25.5 Å². The molecule has 0 bridgehead atoms. The molecule has 29 heavy (non-hydrogen) atoms. The van der Waals surface area contributed by atoms with Crippen molar-refractivity contribution < 1.29 is 13.2 Å². The summed E-state index contributed by atoms with van der Waals surface area (Å²) in [6.07, 6.45) is 2.20. The lowest BCUT2D eigenvalue weighted by molar-refractivity contribution is -0.115. The van der Waals surface area contributed by atoms with Crippen molar-refractivity contribution in [2.45, 2.75) is 41.3 Å². The van der Waals surface area contributed by atoms with Gasteiger partial charge in [-0.15, -0.1) is 21.5 Å². The molecule has 0 spiro atoms. The van der Waals surface area contributed by atoms with Crippen LogP contribution in [-0.4, -0.2) is 39.3 Å². The Bertz CT molecular complexity index is 1080. The molecule has 2 heterocycles. The maximum Gasteiger partial charge on any atom is 0.239 e. The molecule has 8 nitrogen and oxygen atoms in total. The highest BCUT2D eigenvalue weighted by Crippen LogP contribution is 2.26. The standard InChI is InChI=1S/C18H21N5O3S3/c1-4-14(16(24)20-17-19-9-10-27-17)28-18-22-21-15(23(18)3)11-29(25,26)13-7-5-12(2)6-8-13/h5-10,14H,4,11H2,1-3H3,(H,19,20,24). The Kier molecular flexibility index (Phi) is 6.70. The molecule has 1 aromatic carbocycles. The summed E-state index contributed by atoms with van der Waals surface area (Å²) in [5.74, 6) is -0.116. The number of carbonyl (C=O) groups is 1. The van der Waals surface area contributed by atoms with Gasteiger partial charge in [0.15, 0.2) is 20.1 Å². The molecule has 0 radical (unpaired) electrons. The largest absolute Gasteiger partial charge is 0.308 e. The Morgan fingerprint density at radius 3 is 2.62 bits per heavy atom. The van der Waals surface area contributed by atoms with Gasteiger partial charge in [-0.25, -0.2) is 13.4 Å². The van der Waals surface area contributed by atoms with Gasteiger partial charge >= 0.3 is 0 Å². The summed E-state index contributed by atoms with van der Waals surface area (Å²) in [6.45, 7) is 3.80. The van der Waals surface area contributed by atoms with Crippen LogP contribution in [0.15, 0.2) is 45.9 Å². The molecule has 0 aliphatic carbocycles. The van der Waals surface area contributed by atoms with E-state index in [2.05, 4.69) is 20.5 Å². The van der Waals surface area contributed by atoms with E-state index >= 15 is 0 Å². The Labute approximate surface area is 177 Å². The van der Waals surface area contributed by atoms with Crippen molar-refractivity contribution in [3.05, 3.63) is 47.2 Å². The summed E-state index contributed by atoms with van der Waals surface area (Å²) < 4.78 is 27.0. The molecular formula is C18H21N5O3S3. The van der Waals surface area contributed by atoms with Crippen LogP contribution in [-0.2, 0) is 27.4 Å². The zero-order chi connectivity index (χ0) is 21.0. The summed E-state index contributed by atoms with van der Waals surface area (Å²) in [5.41, 5.74) is 0.989. The number of amides is 1. The van der Waals surface area contributed by atoms with Crippen LogP contribution >= 0.6 is 23.1 Å². The fourth-order valence-electron chi connectivity index (χ4n) is 2.49. The number of carbonyl (C=O) groups excluding carboxylic acids is 1. The van der Waals surface area contributed by atoms with Crippen LogP contribution in [0, 0.1) is 6.92 Å². The summed E-state index contributed by atoms with van der Waals surface area (Å²) >= 11 is 2.59. The highest BCUT2D eigenvalue weighted by atomic mass is 32.2. The van der Waals surface area contributed by atoms with Crippen molar-refractivity contribution >= 4 is 44.0 Å². The summed E-state index contributed by atoms with van der Waals surface area (Å²) in [5, 5.41) is 13.3. The smallest absolute Gasteiger partial charge is 0.239 e. The van der Waals surface area contributed by atoms with E-state index in [4.69, 9.17) is 0 Å². The van der Waals surface area contributed by atoms with E-state index in [1.54, 1.807) is 47.5 Å². The minimum Gasteiger partial charge on any atom is -0.308 e. The van der Waals surface area contributed by atoms with E-state index in [1.807, 2.05) is 13.8 Å². The van der Waals surface area contributed by atoms with Gasteiger partial charge in [-0.2, -0.15) is 0 Å². The van der Waals surface area contributed by atoms with E-state index < -0.39 is 15.1 Å². The number of aromatic nitrogens is 4. The topological polar surface area (TPSA) is 107 Å². The van der Waals surface area contributed by atoms with Crippen LogP contribution in [0.2, 0.25) is 0 Å². The summed E-state index contributed by atoms with van der Waals surface area (Å²) in [7, 11) is -1.84. The van der Waals surface area contributed by atoms with E-state index in [-0.39, 0.29) is 16.6 Å². The van der Waals surface area contributed by atoms with Gasteiger partial charge < -0.3 is 9.88 Å². The molecule has 1 N–H and O–H groups in total. The quantitative estimate of drug-likeness (QED) is 0.525. The molecule has 0 saturated carbocycles. The Hall–Kier alpha value is -2.24. The minimum atomic E-state index is -3.54. The normalized spacial score (nSPS) is 12.7. The van der Waals surface area contributed by atoms with Crippen molar-refractivity contribution in [2.75, 3.05) is 5.32 Å². The van der Waals surface area contributed by atoms with Crippen LogP contribution in [0.1, 0.15) is 24.7 Å². The minimum absolute atomic E-state index is 0.177. The van der Waals surface area contributed by atoms with Gasteiger partial charge in [-0.3, -0.25) is 4.79 Å². The molecule has 3 aromatic rings. The van der Waals surface area contributed by atoms with Crippen molar-refractivity contribution in [3.63, 3.8) is 0 Å². The van der Waals surface area contributed by atoms with Crippen LogP contribution in [0.25, 0.3) is 0 Å². The number of benzene rings is 1. The molecule has 0 aliphatic heterocycles. The lowest BCUT2D eigenvalue weighted by Crippen LogP contribution is -2.25. The number of nitrogens with zero attached hydrogens (tertiary/aromatic N) is 4. The maximum absolute atomic E-state index is 12.7. The summed E-state index contributed by atoms with van der Waals surface area (Å²) in [6, 6.07) is 6.70. The van der Waals surface area contributed by atoms with Crippen molar-refractivity contribution in [1.82, 2.24) is 19.7 Å². The molecule has 1 atom stereocenters. The number of hydrogen-bond acceptors (Lipinski definition) is 8. The van der Waals surface area contributed by atoms with Gasteiger partial charge in [0.1, 0.15) is 11.6 Å². The number of nitrogens with one attached hydrogen (secondary N) is 1. The zero-order valence-corrected chi connectivity index (χ0v) is 18.6. The third-order valence-electron chi connectivity index (χ3n) is 4.20. The van der Waals surface area contributed by atoms with Crippen LogP contribution in [0.5, 0.6) is 0 Å². The highest BCUT2D eigenvalue weighted by Gasteiger charge is 2.24. The predicted octanol–water partition coefficient (Wildman–Crippen LogP) is 3.06. The van der Waals surface area contributed by atoms with Gasteiger partial charge in [0.05, 0.1) is 10.1 Å². The lowest BCUT2D eigenvalue weighted by atomic mass is 10.2. The zero-order valence-electron chi connectivity index (χ0n) is 16.2. The van der Waals surface area contributed by atoms with Crippen molar-refractivity contribution in [2.24, 2.45) is 7.05 Å². The Balaban J connectivity index is 1.72. The second kappa shape index (κ2) is 9.06. The second-order valence-corrected chi connectivity index (χ2v) is 10.4. The first-order valence-corrected chi connectivity index (χ1v) is 12.3. The third kappa shape index (κ3) is 5.22. The SMILES string of the molecule is CCC(Sc1nnc(CS(=O)(=O)c2ccc(C)cc2)n1C)C(=O)Nc1nccs1. The summed E-state index contributed by atoms with van der Waals surface area (Å²) in [4.78, 5) is 16.8. The Morgan fingerprint density at radius 1 is 1.28 bits per heavy atom. The number of rotatable bonds is 8. The van der Waals surface area contributed by atoms with Crippen molar-refractivity contribution in [1.29, 1.82) is 0 Å². The molecule has 1 amide bonds. The van der Waals surface area contributed by atoms with Gasteiger partial charge in [-0.1, -0.05) is 36.4 Å². The first-order valence-electron chi connectivity index (χ1n) is 8.85. The molecular weight excluding hydrogens is 430 g/mol. The highest BCUT2D eigenvalue weighted by molar-refractivity contribution is 8.00. The predicted molar refractivity (Wildman–Crippen MR) is 114 cm³/mol. The number of aryl methyl sites for hydroxylation is 1. The number of anilines is 1. The maximum atomic E-state index is 12.7. The first-order chi connectivity index (χ1) is 13.8. The van der Waals surface area contributed by atoms with Crippen LogP contribution in [0.4, 0.5) is 5.13 Å². The van der Waals surface area contributed by atoms with Crippen LogP contribution < -0.4 is 5.32 Å². The molecule has 1 unspecified atom stereocenters. The molecule has 3 rings (SSSR count). The van der Waals surface area contributed by atoms with Crippen LogP contribution in [0.3, 0.4) is 0 Å². The average molecular weight is 452 g/mol. The van der Waals surface area contributed by atoms with Gasteiger partial charge in [0.2, 0.25) is 5.91 Å². The molecule has 0 saturated heterocycles. The van der Waals surface area contributed by atoms with Gasteiger partial charge in [0, 0.05) is 18.6 Å². The third-order valence-corrected chi connectivity index (χ3v) is 7.91. The van der Waals surface area contributed by atoms with E-state index in [0.717, 1.165) is 5.56 Å². The number of sulfone groups is 1. The molecule has 2 aromatic heterocycles. The van der Waals surface area contributed by atoms with E-state index in [0.29, 0.717) is 22.5 Å². The number of thioether (sulfide) groups is 1. The number of thiazole rings is 1.